The van der Waals surface area contributed by atoms with Gasteiger partial charge in [0.1, 0.15) is 0 Å². The maximum absolute atomic E-state index is 13.4. The summed E-state index contributed by atoms with van der Waals surface area (Å²) in [5.41, 5.74) is 4.98. The Hall–Kier alpha value is -3.27. The largest absolute Gasteiger partial charge is 0.493 e. The molecule has 1 saturated carbocycles. The number of amides is 1. The summed E-state index contributed by atoms with van der Waals surface area (Å²) < 4.78 is 11.2. The molecule has 1 atom stereocenters. The summed E-state index contributed by atoms with van der Waals surface area (Å²) >= 11 is 0. The Morgan fingerprint density at radius 1 is 0.909 bits per heavy atom. The number of carbonyl (C=O) groups excluding carboxylic acids is 1. The molecule has 0 radical (unpaired) electrons. The Bertz CT molecular complexity index is 1070. The number of fused-ring (bicyclic) bond motifs is 1. The minimum atomic E-state index is -0.00734. The van der Waals surface area contributed by atoms with Crippen molar-refractivity contribution in [2.75, 3.05) is 20.8 Å². The highest BCUT2D eigenvalue weighted by atomic mass is 16.5. The molecule has 1 aliphatic carbocycles. The van der Waals surface area contributed by atoms with Crippen molar-refractivity contribution in [3.8, 4) is 11.5 Å². The van der Waals surface area contributed by atoms with Crippen LogP contribution in [0.3, 0.4) is 0 Å². The molecule has 0 saturated heterocycles. The molecule has 1 fully saturated rings. The number of carbonyl (C=O) groups is 1. The maximum atomic E-state index is 13.4. The summed E-state index contributed by atoms with van der Waals surface area (Å²) in [4.78, 5) is 15.5. The van der Waals surface area contributed by atoms with Gasteiger partial charge in [0.25, 0.3) is 0 Å². The molecule has 1 heterocycles. The van der Waals surface area contributed by atoms with Crippen LogP contribution in [0, 0.1) is 5.92 Å². The lowest BCUT2D eigenvalue weighted by Crippen LogP contribution is -2.41. The summed E-state index contributed by atoms with van der Waals surface area (Å²) in [7, 11) is 3.35. The van der Waals surface area contributed by atoms with Crippen LogP contribution in [0.1, 0.15) is 53.5 Å². The summed E-state index contributed by atoms with van der Waals surface area (Å²) in [6.45, 7) is 0.749. The van der Waals surface area contributed by atoms with Crippen molar-refractivity contribution >= 4 is 5.91 Å². The third kappa shape index (κ3) is 4.35. The van der Waals surface area contributed by atoms with Crippen LogP contribution in [0.15, 0.2) is 72.8 Å². The van der Waals surface area contributed by atoms with Gasteiger partial charge in [0.05, 0.1) is 20.3 Å². The topological polar surface area (TPSA) is 38.8 Å². The lowest BCUT2D eigenvalue weighted by Gasteiger charge is -2.40. The van der Waals surface area contributed by atoms with Crippen LogP contribution in [0.25, 0.3) is 0 Å². The standard InChI is InChI=1S/C29H31NO3/c1-32-27-17-23-15-16-30(29(31)22-13-14-22)26(25(23)19-28(27)33-2)18-24(20-9-5-3-6-10-20)21-11-7-4-8-12-21/h3-12,17,19,22,24,26H,13-16,18H2,1-2H3. The van der Waals surface area contributed by atoms with Gasteiger partial charge in [0, 0.05) is 18.4 Å². The van der Waals surface area contributed by atoms with Gasteiger partial charge in [0.2, 0.25) is 5.91 Å². The molecule has 1 unspecified atom stereocenters. The van der Waals surface area contributed by atoms with Gasteiger partial charge < -0.3 is 14.4 Å². The highest BCUT2D eigenvalue weighted by Crippen LogP contribution is 2.45. The Morgan fingerprint density at radius 3 is 2.03 bits per heavy atom. The van der Waals surface area contributed by atoms with E-state index in [1.54, 1.807) is 14.2 Å². The molecule has 5 rings (SSSR count). The number of nitrogens with zero attached hydrogens (tertiary/aromatic N) is 1. The zero-order valence-corrected chi connectivity index (χ0v) is 19.4. The second kappa shape index (κ2) is 9.30. The molecular weight excluding hydrogens is 410 g/mol. The molecule has 0 bridgehead atoms. The average Bonchev–Trinajstić information content (AvgIpc) is 3.72. The Morgan fingerprint density at radius 2 is 1.48 bits per heavy atom. The predicted molar refractivity (Wildman–Crippen MR) is 130 cm³/mol. The summed E-state index contributed by atoms with van der Waals surface area (Å²) in [6, 6.07) is 25.5. The number of hydrogen-bond donors (Lipinski definition) is 0. The first-order valence-electron chi connectivity index (χ1n) is 11.8. The van der Waals surface area contributed by atoms with E-state index in [2.05, 4.69) is 77.7 Å². The molecule has 33 heavy (non-hydrogen) atoms. The first kappa shape index (κ1) is 21.6. The Balaban J connectivity index is 1.59. The van der Waals surface area contributed by atoms with Gasteiger partial charge in [-0.3, -0.25) is 4.79 Å². The quantitative estimate of drug-likeness (QED) is 0.468. The first-order chi connectivity index (χ1) is 16.2. The predicted octanol–water partition coefficient (Wildman–Crippen LogP) is 5.76. The fourth-order valence-corrected chi connectivity index (χ4v) is 5.17. The van der Waals surface area contributed by atoms with Crippen molar-refractivity contribution in [1.82, 2.24) is 4.90 Å². The maximum Gasteiger partial charge on any atom is 0.226 e. The molecule has 0 aromatic heterocycles. The molecule has 4 heteroatoms. The highest BCUT2D eigenvalue weighted by molar-refractivity contribution is 5.82. The van der Waals surface area contributed by atoms with E-state index < -0.39 is 0 Å². The minimum Gasteiger partial charge on any atom is -0.493 e. The third-order valence-electron chi connectivity index (χ3n) is 7.08. The molecule has 1 amide bonds. The molecular formula is C29H31NO3. The minimum absolute atomic E-state index is 0.00734. The third-order valence-corrected chi connectivity index (χ3v) is 7.08. The van der Waals surface area contributed by atoms with Gasteiger partial charge in [-0.05, 0) is 60.1 Å². The monoisotopic (exact) mass is 441 g/mol. The molecule has 2 aliphatic rings. The van der Waals surface area contributed by atoms with Crippen molar-refractivity contribution in [1.29, 1.82) is 0 Å². The summed E-state index contributed by atoms with van der Waals surface area (Å²) in [5, 5.41) is 0. The van der Waals surface area contributed by atoms with Gasteiger partial charge in [-0.25, -0.2) is 0 Å². The molecule has 4 nitrogen and oxygen atoms in total. The van der Waals surface area contributed by atoms with E-state index in [0.717, 1.165) is 43.7 Å². The van der Waals surface area contributed by atoms with Crippen molar-refractivity contribution in [3.63, 3.8) is 0 Å². The van der Waals surface area contributed by atoms with Crippen LogP contribution < -0.4 is 9.47 Å². The van der Waals surface area contributed by atoms with E-state index in [9.17, 15) is 4.79 Å². The summed E-state index contributed by atoms with van der Waals surface area (Å²) in [5.74, 6) is 2.16. The van der Waals surface area contributed by atoms with Gasteiger partial charge in [-0.15, -0.1) is 0 Å². The normalized spacial score (nSPS) is 17.5. The molecule has 1 aliphatic heterocycles. The van der Waals surface area contributed by atoms with Gasteiger partial charge in [0.15, 0.2) is 11.5 Å². The smallest absolute Gasteiger partial charge is 0.226 e. The van der Waals surface area contributed by atoms with Crippen LogP contribution in [0.4, 0.5) is 0 Å². The molecule has 3 aromatic carbocycles. The van der Waals surface area contributed by atoms with E-state index in [4.69, 9.17) is 9.47 Å². The van der Waals surface area contributed by atoms with Crippen molar-refractivity contribution in [3.05, 3.63) is 95.1 Å². The number of rotatable bonds is 7. The molecule has 170 valence electrons. The van der Waals surface area contributed by atoms with Crippen LogP contribution in [-0.2, 0) is 11.2 Å². The Labute approximate surface area is 196 Å². The lowest BCUT2D eigenvalue weighted by molar-refractivity contribution is -0.135. The number of benzene rings is 3. The van der Waals surface area contributed by atoms with Crippen molar-refractivity contribution in [2.24, 2.45) is 5.92 Å². The van der Waals surface area contributed by atoms with Crippen LogP contribution >= 0.6 is 0 Å². The average molecular weight is 442 g/mol. The van der Waals surface area contributed by atoms with Crippen molar-refractivity contribution in [2.45, 2.75) is 37.6 Å². The number of methoxy groups -OCH3 is 2. The fraction of sp³-hybridized carbons (Fsp3) is 0.345. The zero-order chi connectivity index (χ0) is 22.8. The number of hydrogen-bond acceptors (Lipinski definition) is 3. The second-order valence-electron chi connectivity index (χ2n) is 9.09. The fourth-order valence-electron chi connectivity index (χ4n) is 5.17. The van der Waals surface area contributed by atoms with Gasteiger partial charge in [-0.1, -0.05) is 60.7 Å². The molecule has 3 aromatic rings. The summed E-state index contributed by atoms with van der Waals surface area (Å²) in [6.07, 6.45) is 3.70. The molecule has 0 N–H and O–H groups in total. The van der Waals surface area contributed by atoms with Crippen LogP contribution in [0.2, 0.25) is 0 Å². The van der Waals surface area contributed by atoms with E-state index in [0.29, 0.717) is 5.91 Å². The first-order valence-corrected chi connectivity index (χ1v) is 11.8. The van der Waals surface area contributed by atoms with Gasteiger partial charge in [-0.2, -0.15) is 0 Å². The van der Waals surface area contributed by atoms with Gasteiger partial charge >= 0.3 is 0 Å². The van der Waals surface area contributed by atoms with E-state index in [1.807, 2.05) is 0 Å². The highest BCUT2D eigenvalue weighted by Gasteiger charge is 2.40. The Kier molecular flexibility index (Phi) is 6.08. The molecule has 0 spiro atoms. The second-order valence-corrected chi connectivity index (χ2v) is 9.09. The van der Waals surface area contributed by atoms with Crippen molar-refractivity contribution < 1.29 is 14.3 Å². The SMILES string of the molecule is COc1cc2c(cc1OC)C(CC(c1ccccc1)c1ccccc1)N(C(=O)C1CC1)CC2. The zero-order valence-electron chi connectivity index (χ0n) is 19.4. The van der Waals surface area contributed by atoms with Crippen LogP contribution in [-0.4, -0.2) is 31.6 Å². The van der Waals surface area contributed by atoms with E-state index in [1.165, 1.54) is 22.3 Å². The number of ether oxygens (including phenoxy) is 2. The van der Waals surface area contributed by atoms with E-state index >= 15 is 0 Å². The van der Waals surface area contributed by atoms with Crippen LogP contribution in [0.5, 0.6) is 11.5 Å². The van der Waals surface area contributed by atoms with E-state index in [-0.39, 0.29) is 17.9 Å². The lowest BCUT2D eigenvalue weighted by atomic mass is 9.80.